The number of hydrogen-bond donors (Lipinski definition) is 3. The van der Waals surface area contributed by atoms with E-state index in [1.807, 2.05) is 17.7 Å². The molecule has 11 heteroatoms. The summed E-state index contributed by atoms with van der Waals surface area (Å²) in [4.78, 5) is 19.0. The SMILES string of the molecule is CCc1cc(-c2ccc(S(=O)(=O)O)s2)c(C)[nH]c1=O.Cl.NCCCn1ccnc1. The molecule has 3 rings (SSSR count). The molecule has 0 saturated heterocycles. The predicted molar refractivity (Wildman–Crippen MR) is 117 cm³/mol. The summed E-state index contributed by atoms with van der Waals surface area (Å²) in [6, 6.07) is 4.73. The Kier molecular flexibility index (Phi) is 9.74. The second kappa shape index (κ2) is 11.3. The van der Waals surface area contributed by atoms with Crippen LogP contribution in [-0.4, -0.2) is 34.1 Å². The molecule has 29 heavy (non-hydrogen) atoms. The van der Waals surface area contributed by atoms with Gasteiger partial charge in [-0.05, 0) is 44.5 Å². The van der Waals surface area contributed by atoms with Crippen LogP contribution in [0.5, 0.6) is 0 Å². The van der Waals surface area contributed by atoms with Gasteiger partial charge in [-0.1, -0.05) is 6.92 Å². The van der Waals surface area contributed by atoms with Gasteiger partial charge in [-0.2, -0.15) is 8.42 Å². The van der Waals surface area contributed by atoms with Crippen LogP contribution in [-0.2, 0) is 23.1 Å². The molecule has 4 N–H and O–H groups in total. The van der Waals surface area contributed by atoms with Gasteiger partial charge >= 0.3 is 10.1 Å². The number of hydrogen-bond acceptors (Lipinski definition) is 6. The maximum Gasteiger partial charge on any atom is 0.304 e. The van der Waals surface area contributed by atoms with Gasteiger partial charge in [0.2, 0.25) is 0 Å². The Hall–Kier alpha value is -1.98. The first-order chi connectivity index (χ1) is 13.3. The molecule has 3 aromatic heterocycles. The molecule has 0 aliphatic rings. The number of nitrogens with two attached hydrogens (primary N) is 1. The topological polar surface area (TPSA) is 131 Å². The highest BCUT2D eigenvalue weighted by atomic mass is 35.5. The van der Waals surface area contributed by atoms with Crippen molar-refractivity contribution in [3.05, 3.63) is 58.5 Å². The van der Waals surface area contributed by atoms with Crippen LogP contribution in [0.1, 0.15) is 24.6 Å². The van der Waals surface area contributed by atoms with E-state index in [9.17, 15) is 13.2 Å². The van der Waals surface area contributed by atoms with E-state index < -0.39 is 10.1 Å². The summed E-state index contributed by atoms with van der Waals surface area (Å²) in [6.45, 7) is 5.36. The van der Waals surface area contributed by atoms with E-state index in [0.29, 0.717) is 22.6 Å². The van der Waals surface area contributed by atoms with Crippen molar-refractivity contribution in [1.29, 1.82) is 0 Å². The van der Waals surface area contributed by atoms with Crippen molar-refractivity contribution in [3.63, 3.8) is 0 Å². The first-order valence-corrected chi connectivity index (χ1v) is 11.0. The number of imidazole rings is 1. The van der Waals surface area contributed by atoms with Gasteiger partial charge in [0, 0.05) is 40.6 Å². The fraction of sp³-hybridized carbons (Fsp3) is 0.333. The standard InChI is InChI=1S/C12H13NO4S2.C6H11N3.ClH/c1-3-8-6-9(7(2)13-12(8)14)10-4-5-11(18-10)19(15,16)17;7-2-1-4-9-5-3-8-6-9;/h4-6H,3H2,1-2H3,(H,13,14)(H,15,16,17);3,5-6H,1-2,4,7H2;1H. The molecule has 0 saturated carbocycles. The summed E-state index contributed by atoms with van der Waals surface area (Å²) in [7, 11) is -4.18. The number of aromatic nitrogens is 3. The third kappa shape index (κ3) is 7.09. The minimum Gasteiger partial charge on any atom is -0.337 e. The van der Waals surface area contributed by atoms with Crippen molar-refractivity contribution in [3.8, 4) is 10.4 Å². The fourth-order valence-corrected chi connectivity index (χ4v) is 4.22. The first kappa shape index (κ1) is 25.1. The van der Waals surface area contributed by atoms with Gasteiger partial charge in [-0.15, -0.1) is 23.7 Å². The summed E-state index contributed by atoms with van der Waals surface area (Å²) in [5.74, 6) is 0. The van der Waals surface area contributed by atoms with E-state index in [1.165, 1.54) is 6.07 Å². The van der Waals surface area contributed by atoms with Crippen LogP contribution >= 0.6 is 23.7 Å². The van der Waals surface area contributed by atoms with Crippen LogP contribution in [0.4, 0.5) is 0 Å². The summed E-state index contributed by atoms with van der Waals surface area (Å²) >= 11 is 0.972. The Labute approximate surface area is 180 Å². The number of H-pyrrole nitrogens is 1. The minimum atomic E-state index is -4.18. The molecule has 0 aliphatic heterocycles. The zero-order chi connectivity index (χ0) is 20.7. The van der Waals surface area contributed by atoms with Crippen LogP contribution in [0.3, 0.4) is 0 Å². The van der Waals surface area contributed by atoms with Gasteiger partial charge in [0.05, 0.1) is 6.33 Å². The molecule has 8 nitrogen and oxygen atoms in total. The van der Waals surface area contributed by atoms with E-state index in [4.69, 9.17) is 10.3 Å². The Morgan fingerprint density at radius 2 is 2.07 bits per heavy atom. The maximum absolute atomic E-state index is 11.6. The number of pyridine rings is 1. The number of halogens is 1. The van der Waals surface area contributed by atoms with Gasteiger partial charge in [0.15, 0.2) is 0 Å². The molecule has 0 fully saturated rings. The molecule has 0 radical (unpaired) electrons. The summed E-state index contributed by atoms with van der Waals surface area (Å²) in [6.07, 6.45) is 7.14. The van der Waals surface area contributed by atoms with Crippen molar-refractivity contribution in [2.75, 3.05) is 6.54 Å². The van der Waals surface area contributed by atoms with Crippen molar-refractivity contribution >= 4 is 33.9 Å². The zero-order valence-corrected chi connectivity index (χ0v) is 18.6. The lowest BCUT2D eigenvalue weighted by Crippen LogP contribution is -2.13. The van der Waals surface area contributed by atoms with Crippen LogP contribution in [0.25, 0.3) is 10.4 Å². The molecule has 3 heterocycles. The quantitative estimate of drug-likeness (QED) is 0.484. The van der Waals surface area contributed by atoms with E-state index in [2.05, 4.69) is 9.97 Å². The molecular weight excluding hydrogens is 436 g/mol. The molecule has 0 aromatic carbocycles. The van der Waals surface area contributed by atoms with E-state index in [-0.39, 0.29) is 22.2 Å². The van der Waals surface area contributed by atoms with Crippen molar-refractivity contribution in [2.45, 2.75) is 37.4 Å². The van der Waals surface area contributed by atoms with Gasteiger partial charge in [0.25, 0.3) is 5.56 Å². The monoisotopic (exact) mass is 460 g/mol. The highest BCUT2D eigenvalue weighted by Gasteiger charge is 2.15. The average molecular weight is 461 g/mol. The van der Waals surface area contributed by atoms with E-state index in [0.717, 1.165) is 36.4 Å². The fourth-order valence-electron chi connectivity index (χ4n) is 2.48. The van der Waals surface area contributed by atoms with E-state index in [1.54, 1.807) is 31.6 Å². The van der Waals surface area contributed by atoms with E-state index >= 15 is 0 Å². The summed E-state index contributed by atoms with van der Waals surface area (Å²) in [5.41, 5.74) is 7.27. The maximum atomic E-state index is 11.6. The third-order valence-electron chi connectivity index (χ3n) is 3.98. The number of rotatable bonds is 6. The number of aryl methyl sites for hydroxylation is 3. The van der Waals surface area contributed by atoms with Crippen molar-refractivity contribution < 1.29 is 13.0 Å². The second-order valence-electron chi connectivity index (χ2n) is 6.05. The highest BCUT2D eigenvalue weighted by Crippen LogP contribution is 2.32. The average Bonchev–Trinajstić information content (AvgIpc) is 3.32. The Morgan fingerprint density at radius 1 is 1.34 bits per heavy atom. The smallest absolute Gasteiger partial charge is 0.304 e. The normalized spacial score (nSPS) is 10.8. The van der Waals surface area contributed by atoms with Crippen LogP contribution in [0, 0.1) is 6.92 Å². The first-order valence-electron chi connectivity index (χ1n) is 8.72. The molecule has 0 atom stereocenters. The lowest BCUT2D eigenvalue weighted by Gasteiger charge is -2.05. The Morgan fingerprint density at radius 3 is 2.59 bits per heavy atom. The lowest BCUT2D eigenvalue weighted by molar-refractivity contribution is 0.485. The highest BCUT2D eigenvalue weighted by molar-refractivity contribution is 7.88. The number of nitrogens with one attached hydrogen (secondary N) is 1. The van der Waals surface area contributed by atoms with Gasteiger partial charge in [-0.25, -0.2) is 4.98 Å². The molecule has 160 valence electrons. The lowest BCUT2D eigenvalue weighted by atomic mass is 10.1. The largest absolute Gasteiger partial charge is 0.337 e. The number of thiophene rings is 1. The van der Waals surface area contributed by atoms with Crippen LogP contribution in [0.2, 0.25) is 0 Å². The molecule has 0 amide bonds. The Balaban J connectivity index is 0.000000355. The molecule has 0 aliphatic carbocycles. The molecular formula is C18H25ClN4O4S2. The number of aromatic amines is 1. The zero-order valence-electron chi connectivity index (χ0n) is 16.2. The molecule has 0 unspecified atom stereocenters. The molecule has 3 aromatic rings. The third-order valence-corrected chi connectivity index (χ3v) is 6.42. The second-order valence-corrected chi connectivity index (χ2v) is 8.78. The predicted octanol–water partition coefficient (Wildman–Crippen LogP) is 2.87. The van der Waals surface area contributed by atoms with Crippen molar-refractivity contribution in [1.82, 2.24) is 14.5 Å². The molecule has 0 spiro atoms. The van der Waals surface area contributed by atoms with Crippen LogP contribution in [0.15, 0.2) is 45.9 Å². The molecule has 0 bridgehead atoms. The summed E-state index contributed by atoms with van der Waals surface area (Å²) < 4.78 is 33.0. The van der Waals surface area contributed by atoms with Crippen LogP contribution < -0.4 is 11.3 Å². The van der Waals surface area contributed by atoms with Crippen molar-refractivity contribution in [2.24, 2.45) is 5.73 Å². The summed E-state index contributed by atoms with van der Waals surface area (Å²) in [5, 5.41) is 0. The van der Waals surface area contributed by atoms with Gasteiger partial charge < -0.3 is 15.3 Å². The van der Waals surface area contributed by atoms with Gasteiger partial charge in [0.1, 0.15) is 4.21 Å². The van der Waals surface area contributed by atoms with Gasteiger partial charge in [-0.3, -0.25) is 9.35 Å². The number of nitrogens with zero attached hydrogens (tertiary/aromatic N) is 2. The minimum absolute atomic E-state index is 0. The Bertz CT molecular complexity index is 1060.